The number of benzene rings is 1. The Morgan fingerprint density at radius 3 is 2.83 bits per heavy atom. The van der Waals surface area contributed by atoms with Crippen LogP contribution in [0.25, 0.3) is 0 Å². The molecule has 1 fully saturated rings. The molecule has 0 spiro atoms. The van der Waals surface area contributed by atoms with Gasteiger partial charge in [0.2, 0.25) is 11.8 Å². The summed E-state index contributed by atoms with van der Waals surface area (Å²) in [5.74, 6) is 1.90. The summed E-state index contributed by atoms with van der Waals surface area (Å²) in [6.07, 6.45) is 4.02. The predicted octanol–water partition coefficient (Wildman–Crippen LogP) is 2.08. The maximum absolute atomic E-state index is 11.9. The summed E-state index contributed by atoms with van der Waals surface area (Å²) in [5.41, 5.74) is 1.78. The second kappa shape index (κ2) is 7.37. The van der Waals surface area contributed by atoms with Crippen molar-refractivity contribution in [2.24, 2.45) is 0 Å². The lowest BCUT2D eigenvalue weighted by molar-refractivity contribution is -0.121. The summed E-state index contributed by atoms with van der Waals surface area (Å²) in [6, 6.07) is 7.53. The standard InChI is InChI=1S/C17H21N3O3/c21-11-14-5-2-1-4-13(14)10-18-15(22)6-3-7-16-19-17(20-23-16)12-8-9-12/h1-2,4-5,12,21H,3,6-11H2,(H,18,22). The van der Waals surface area contributed by atoms with Gasteiger partial charge in [-0.15, -0.1) is 0 Å². The van der Waals surface area contributed by atoms with Crippen LogP contribution < -0.4 is 5.32 Å². The molecular formula is C17H21N3O3. The van der Waals surface area contributed by atoms with Crippen molar-refractivity contribution in [2.75, 3.05) is 0 Å². The van der Waals surface area contributed by atoms with Crippen LogP contribution in [0.5, 0.6) is 0 Å². The summed E-state index contributed by atoms with van der Waals surface area (Å²) >= 11 is 0. The molecule has 0 bridgehead atoms. The molecule has 0 unspecified atom stereocenters. The highest BCUT2D eigenvalue weighted by Gasteiger charge is 2.28. The van der Waals surface area contributed by atoms with Crippen LogP contribution in [0.2, 0.25) is 0 Å². The van der Waals surface area contributed by atoms with E-state index in [1.165, 1.54) is 0 Å². The highest BCUT2D eigenvalue weighted by molar-refractivity contribution is 5.75. The fourth-order valence-corrected chi connectivity index (χ4v) is 2.44. The minimum Gasteiger partial charge on any atom is -0.392 e. The molecule has 0 aliphatic heterocycles. The number of hydrogen-bond acceptors (Lipinski definition) is 5. The zero-order chi connectivity index (χ0) is 16.1. The molecule has 23 heavy (non-hydrogen) atoms. The van der Waals surface area contributed by atoms with E-state index in [9.17, 15) is 9.90 Å². The number of amides is 1. The van der Waals surface area contributed by atoms with Crippen LogP contribution in [0.3, 0.4) is 0 Å². The molecule has 0 saturated heterocycles. The number of aryl methyl sites for hydroxylation is 1. The highest BCUT2D eigenvalue weighted by Crippen LogP contribution is 2.38. The fraction of sp³-hybridized carbons (Fsp3) is 0.471. The molecule has 3 rings (SSSR count). The zero-order valence-corrected chi connectivity index (χ0v) is 13.0. The van der Waals surface area contributed by atoms with Crippen LogP contribution in [0.15, 0.2) is 28.8 Å². The molecule has 1 saturated carbocycles. The number of carbonyl (C=O) groups excluding carboxylic acids is 1. The Labute approximate surface area is 134 Å². The van der Waals surface area contributed by atoms with Gasteiger partial charge in [0, 0.05) is 25.3 Å². The Hall–Kier alpha value is -2.21. The molecule has 0 radical (unpaired) electrons. The van der Waals surface area contributed by atoms with Gasteiger partial charge in [-0.1, -0.05) is 29.4 Å². The summed E-state index contributed by atoms with van der Waals surface area (Å²) in [6.45, 7) is 0.411. The first-order valence-corrected chi connectivity index (χ1v) is 8.03. The Kier molecular flexibility index (Phi) is 5.02. The SMILES string of the molecule is O=C(CCCc1nc(C2CC2)no1)NCc1ccccc1CO. The topological polar surface area (TPSA) is 88.2 Å². The number of carbonyl (C=O) groups is 1. The van der Waals surface area contributed by atoms with E-state index in [2.05, 4.69) is 15.5 Å². The summed E-state index contributed by atoms with van der Waals surface area (Å²) < 4.78 is 5.19. The molecule has 6 nitrogen and oxygen atoms in total. The third-order valence-electron chi connectivity index (χ3n) is 3.99. The summed E-state index contributed by atoms with van der Waals surface area (Å²) in [4.78, 5) is 16.2. The van der Waals surface area contributed by atoms with Crippen molar-refractivity contribution in [3.8, 4) is 0 Å². The van der Waals surface area contributed by atoms with E-state index in [0.717, 1.165) is 29.8 Å². The van der Waals surface area contributed by atoms with Crippen LogP contribution in [-0.4, -0.2) is 21.2 Å². The van der Waals surface area contributed by atoms with Crippen molar-refractivity contribution < 1.29 is 14.4 Å². The van der Waals surface area contributed by atoms with Crippen molar-refractivity contribution >= 4 is 5.91 Å². The first-order chi connectivity index (χ1) is 11.3. The van der Waals surface area contributed by atoms with Gasteiger partial charge in [-0.2, -0.15) is 4.98 Å². The Morgan fingerprint density at radius 2 is 2.09 bits per heavy atom. The van der Waals surface area contributed by atoms with Gasteiger partial charge in [0.25, 0.3) is 0 Å². The van der Waals surface area contributed by atoms with Crippen molar-refractivity contribution in [1.82, 2.24) is 15.5 Å². The lowest BCUT2D eigenvalue weighted by Crippen LogP contribution is -2.23. The van der Waals surface area contributed by atoms with Gasteiger partial charge < -0.3 is 14.9 Å². The summed E-state index contributed by atoms with van der Waals surface area (Å²) in [5, 5.41) is 16.1. The molecule has 0 atom stereocenters. The maximum Gasteiger partial charge on any atom is 0.226 e. The van der Waals surface area contributed by atoms with E-state index in [0.29, 0.717) is 37.6 Å². The number of hydrogen-bond donors (Lipinski definition) is 2. The molecule has 1 aromatic heterocycles. The molecule has 1 aliphatic rings. The predicted molar refractivity (Wildman–Crippen MR) is 83.4 cm³/mol. The quantitative estimate of drug-likeness (QED) is 0.778. The van der Waals surface area contributed by atoms with Crippen molar-refractivity contribution in [3.05, 3.63) is 47.1 Å². The number of rotatable bonds is 8. The third-order valence-corrected chi connectivity index (χ3v) is 3.99. The first-order valence-electron chi connectivity index (χ1n) is 8.03. The number of nitrogens with zero attached hydrogens (tertiary/aromatic N) is 2. The average molecular weight is 315 g/mol. The van der Waals surface area contributed by atoms with Crippen LogP contribution >= 0.6 is 0 Å². The Bertz CT molecular complexity index is 665. The molecular weight excluding hydrogens is 294 g/mol. The minimum atomic E-state index is -0.0213. The van der Waals surface area contributed by atoms with Gasteiger partial charge in [0.05, 0.1) is 6.61 Å². The van der Waals surface area contributed by atoms with Crippen LogP contribution in [-0.2, 0) is 24.4 Å². The molecule has 2 aromatic rings. The van der Waals surface area contributed by atoms with E-state index in [-0.39, 0.29) is 12.5 Å². The van der Waals surface area contributed by atoms with Gasteiger partial charge in [-0.05, 0) is 30.4 Å². The Balaban J connectivity index is 1.39. The van der Waals surface area contributed by atoms with E-state index in [4.69, 9.17) is 4.52 Å². The zero-order valence-electron chi connectivity index (χ0n) is 13.0. The fourth-order valence-electron chi connectivity index (χ4n) is 2.44. The number of aliphatic hydroxyl groups excluding tert-OH is 1. The number of aromatic nitrogens is 2. The monoisotopic (exact) mass is 315 g/mol. The van der Waals surface area contributed by atoms with Crippen molar-refractivity contribution in [1.29, 1.82) is 0 Å². The molecule has 1 aromatic carbocycles. The normalized spacial score (nSPS) is 14.0. The van der Waals surface area contributed by atoms with Gasteiger partial charge in [0.1, 0.15) is 0 Å². The highest BCUT2D eigenvalue weighted by atomic mass is 16.5. The van der Waals surface area contributed by atoms with E-state index < -0.39 is 0 Å². The molecule has 122 valence electrons. The first kappa shape index (κ1) is 15.7. The van der Waals surface area contributed by atoms with Crippen molar-refractivity contribution in [3.63, 3.8) is 0 Å². The molecule has 1 aliphatic carbocycles. The smallest absolute Gasteiger partial charge is 0.226 e. The minimum absolute atomic E-state index is 0.0142. The third kappa shape index (κ3) is 4.39. The second-order valence-corrected chi connectivity index (χ2v) is 5.88. The van der Waals surface area contributed by atoms with Crippen LogP contribution in [0, 0.1) is 0 Å². The van der Waals surface area contributed by atoms with E-state index in [1.807, 2.05) is 24.3 Å². The van der Waals surface area contributed by atoms with Gasteiger partial charge in [-0.3, -0.25) is 4.79 Å². The molecule has 1 amide bonds. The average Bonchev–Trinajstić information content (AvgIpc) is 3.32. The molecule has 6 heteroatoms. The number of aliphatic hydroxyl groups is 1. The second-order valence-electron chi connectivity index (χ2n) is 5.88. The Morgan fingerprint density at radius 1 is 1.30 bits per heavy atom. The van der Waals surface area contributed by atoms with Crippen LogP contribution in [0.4, 0.5) is 0 Å². The van der Waals surface area contributed by atoms with Crippen LogP contribution in [0.1, 0.15) is 54.4 Å². The van der Waals surface area contributed by atoms with Gasteiger partial charge in [0.15, 0.2) is 5.82 Å². The van der Waals surface area contributed by atoms with E-state index >= 15 is 0 Å². The molecule has 1 heterocycles. The van der Waals surface area contributed by atoms with Crippen molar-refractivity contribution in [2.45, 2.75) is 51.2 Å². The van der Waals surface area contributed by atoms with Gasteiger partial charge in [-0.25, -0.2) is 0 Å². The lowest BCUT2D eigenvalue weighted by atomic mass is 10.1. The lowest BCUT2D eigenvalue weighted by Gasteiger charge is -2.08. The maximum atomic E-state index is 11.9. The number of nitrogens with one attached hydrogen (secondary N) is 1. The molecule has 2 N–H and O–H groups in total. The largest absolute Gasteiger partial charge is 0.392 e. The van der Waals surface area contributed by atoms with E-state index in [1.54, 1.807) is 0 Å². The van der Waals surface area contributed by atoms with Gasteiger partial charge >= 0.3 is 0 Å². The summed E-state index contributed by atoms with van der Waals surface area (Å²) in [7, 11) is 0.